The lowest BCUT2D eigenvalue weighted by Gasteiger charge is -2.35. The normalized spacial score (nSPS) is 18.9. The van der Waals surface area contributed by atoms with E-state index >= 15 is 0 Å². The highest BCUT2D eigenvalue weighted by Gasteiger charge is 2.23. The third-order valence-corrected chi connectivity index (χ3v) is 4.46. The van der Waals surface area contributed by atoms with E-state index in [9.17, 15) is 0 Å². The molecule has 1 heterocycles. The first kappa shape index (κ1) is 10.7. The SMILES string of the molecule is CC1Cc2ccccc2SN1c1ccccc1. The lowest BCUT2D eigenvalue weighted by molar-refractivity contribution is 0.720. The summed E-state index contributed by atoms with van der Waals surface area (Å²) >= 11 is 1.85. The number of benzene rings is 2. The van der Waals surface area contributed by atoms with Gasteiger partial charge in [0.15, 0.2) is 0 Å². The Morgan fingerprint density at radius 1 is 1.00 bits per heavy atom. The van der Waals surface area contributed by atoms with Crippen LogP contribution in [-0.2, 0) is 6.42 Å². The Kier molecular flexibility index (Phi) is 2.81. The van der Waals surface area contributed by atoms with Gasteiger partial charge in [-0.15, -0.1) is 0 Å². The average Bonchev–Trinajstić information content (AvgIpc) is 2.39. The predicted octanol–water partition coefficient (Wildman–Crippen LogP) is 4.14. The van der Waals surface area contributed by atoms with Crippen LogP contribution >= 0.6 is 11.9 Å². The fourth-order valence-electron chi connectivity index (χ4n) is 2.24. The van der Waals surface area contributed by atoms with Gasteiger partial charge in [0.25, 0.3) is 0 Å². The fraction of sp³-hybridized carbons (Fsp3) is 0.200. The zero-order valence-electron chi connectivity index (χ0n) is 9.84. The van der Waals surface area contributed by atoms with Crippen molar-refractivity contribution in [1.82, 2.24) is 0 Å². The molecule has 86 valence electrons. The monoisotopic (exact) mass is 241 g/mol. The van der Waals surface area contributed by atoms with Crippen LogP contribution in [0.25, 0.3) is 0 Å². The molecule has 0 spiro atoms. The molecule has 2 aromatic rings. The molecule has 1 aliphatic rings. The van der Waals surface area contributed by atoms with Gasteiger partial charge in [0, 0.05) is 16.6 Å². The molecule has 0 aromatic heterocycles. The van der Waals surface area contributed by atoms with Crippen molar-refractivity contribution in [1.29, 1.82) is 0 Å². The number of fused-ring (bicyclic) bond motifs is 1. The third kappa shape index (κ3) is 2.05. The molecule has 0 bridgehead atoms. The minimum absolute atomic E-state index is 0.539. The van der Waals surface area contributed by atoms with Crippen molar-refractivity contribution in [3.8, 4) is 0 Å². The molecule has 0 radical (unpaired) electrons. The Balaban J connectivity index is 1.95. The zero-order valence-corrected chi connectivity index (χ0v) is 10.7. The molecule has 1 nitrogen and oxygen atoms in total. The van der Waals surface area contributed by atoms with Crippen molar-refractivity contribution in [2.45, 2.75) is 24.3 Å². The molecular weight excluding hydrogens is 226 g/mol. The number of para-hydroxylation sites is 1. The second kappa shape index (κ2) is 4.46. The van der Waals surface area contributed by atoms with Gasteiger partial charge in [-0.05, 0) is 49.1 Å². The van der Waals surface area contributed by atoms with Crippen LogP contribution in [0.15, 0.2) is 59.5 Å². The molecule has 0 fully saturated rings. The lowest BCUT2D eigenvalue weighted by atomic mass is 10.1. The lowest BCUT2D eigenvalue weighted by Crippen LogP contribution is -2.31. The van der Waals surface area contributed by atoms with Crippen molar-refractivity contribution in [3.05, 3.63) is 60.2 Å². The quantitative estimate of drug-likeness (QED) is 0.690. The summed E-state index contributed by atoms with van der Waals surface area (Å²) in [6.45, 7) is 2.29. The molecule has 0 aliphatic carbocycles. The second-order valence-electron chi connectivity index (χ2n) is 4.41. The highest BCUT2D eigenvalue weighted by atomic mass is 32.2. The van der Waals surface area contributed by atoms with E-state index in [-0.39, 0.29) is 0 Å². The van der Waals surface area contributed by atoms with E-state index in [1.54, 1.807) is 0 Å². The summed E-state index contributed by atoms with van der Waals surface area (Å²) in [6.07, 6.45) is 1.12. The molecule has 1 unspecified atom stereocenters. The van der Waals surface area contributed by atoms with Gasteiger partial charge in [0.05, 0.1) is 0 Å². The number of rotatable bonds is 1. The van der Waals surface area contributed by atoms with E-state index in [1.807, 2.05) is 11.9 Å². The first-order valence-corrected chi connectivity index (χ1v) is 6.72. The first-order valence-electron chi connectivity index (χ1n) is 5.95. The van der Waals surface area contributed by atoms with Crippen LogP contribution < -0.4 is 4.31 Å². The van der Waals surface area contributed by atoms with Crippen LogP contribution in [0.2, 0.25) is 0 Å². The van der Waals surface area contributed by atoms with E-state index in [1.165, 1.54) is 16.1 Å². The molecule has 3 rings (SSSR count). The van der Waals surface area contributed by atoms with Crippen LogP contribution in [-0.4, -0.2) is 6.04 Å². The Labute approximate surface area is 107 Å². The average molecular weight is 241 g/mol. The predicted molar refractivity (Wildman–Crippen MR) is 74.4 cm³/mol. The largest absolute Gasteiger partial charge is 0.309 e. The topological polar surface area (TPSA) is 3.24 Å². The molecule has 1 aliphatic heterocycles. The van der Waals surface area contributed by atoms with E-state index in [0.717, 1.165) is 6.42 Å². The van der Waals surface area contributed by atoms with Gasteiger partial charge < -0.3 is 4.31 Å². The van der Waals surface area contributed by atoms with E-state index < -0.39 is 0 Å². The molecular formula is C15H15NS. The van der Waals surface area contributed by atoms with Gasteiger partial charge in [-0.3, -0.25) is 0 Å². The van der Waals surface area contributed by atoms with Gasteiger partial charge in [0.1, 0.15) is 0 Å². The zero-order chi connectivity index (χ0) is 11.7. The Morgan fingerprint density at radius 2 is 1.71 bits per heavy atom. The van der Waals surface area contributed by atoms with E-state index in [4.69, 9.17) is 0 Å². The summed E-state index contributed by atoms with van der Waals surface area (Å²) in [4.78, 5) is 1.38. The van der Waals surface area contributed by atoms with E-state index in [0.29, 0.717) is 6.04 Å². The second-order valence-corrected chi connectivity index (χ2v) is 5.43. The highest BCUT2D eigenvalue weighted by Crippen LogP contribution is 2.38. The minimum Gasteiger partial charge on any atom is -0.309 e. The summed E-state index contributed by atoms with van der Waals surface area (Å²) in [6, 6.07) is 19.9. The smallest absolute Gasteiger partial charge is 0.0476 e. The van der Waals surface area contributed by atoms with Crippen LogP contribution in [0.1, 0.15) is 12.5 Å². The minimum atomic E-state index is 0.539. The first-order chi connectivity index (χ1) is 8.34. The highest BCUT2D eigenvalue weighted by molar-refractivity contribution is 8.00. The number of hydrogen-bond donors (Lipinski definition) is 0. The van der Waals surface area contributed by atoms with Crippen molar-refractivity contribution in [2.24, 2.45) is 0 Å². The summed E-state index contributed by atoms with van der Waals surface area (Å²) in [5.41, 5.74) is 2.76. The van der Waals surface area contributed by atoms with Gasteiger partial charge in [-0.1, -0.05) is 36.4 Å². The summed E-state index contributed by atoms with van der Waals surface area (Å²) in [5, 5.41) is 0. The van der Waals surface area contributed by atoms with Crippen LogP contribution in [0, 0.1) is 0 Å². The van der Waals surface area contributed by atoms with Crippen LogP contribution in [0.5, 0.6) is 0 Å². The van der Waals surface area contributed by atoms with Crippen LogP contribution in [0.3, 0.4) is 0 Å². The molecule has 17 heavy (non-hydrogen) atoms. The van der Waals surface area contributed by atoms with Gasteiger partial charge in [-0.2, -0.15) is 0 Å². The summed E-state index contributed by atoms with van der Waals surface area (Å²) in [7, 11) is 0. The molecule has 0 amide bonds. The number of hydrogen-bond acceptors (Lipinski definition) is 2. The fourth-order valence-corrected chi connectivity index (χ4v) is 3.34. The van der Waals surface area contributed by atoms with Crippen molar-refractivity contribution < 1.29 is 0 Å². The third-order valence-electron chi connectivity index (χ3n) is 3.10. The molecule has 1 atom stereocenters. The van der Waals surface area contributed by atoms with Gasteiger partial charge >= 0.3 is 0 Å². The maximum absolute atomic E-state index is 2.41. The van der Waals surface area contributed by atoms with Crippen LogP contribution in [0.4, 0.5) is 5.69 Å². The Hall–Kier alpha value is -1.41. The number of anilines is 1. The molecule has 0 saturated carbocycles. The Morgan fingerprint density at radius 3 is 2.53 bits per heavy atom. The van der Waals surface area contributed by atoms with Gasteiger partial charge in [-0.25, -0.2) is 0 Å². The van der Waals surface area contributed by atoms with Gasteiger partial charge in [0.2, 0.25) is 0 Å². The molecule has 2 aromatic carbocycles. The van der Waals surface area contributed by atoms with E-state index in [2.05, 4.69) is 65.8 Å². The maximum atomic E-state index is 2.41. The Bertz CT molecular complexity index is 509. The molecule has 0 saturated heterocycles. The number of nitrogens with zero attached hydrogens (tertiary/aromatic N) is 1. The van der Waals surface area contributed by atoms with Crippen molar-refractivity contribution in [2.75, 3.05) is 4.31 Å². The summed E-state index contributed by atoms with van der Waals surface area (Å²) in [5.74, 6) is 0. The molecule has 0 N–H and O–H groups in total. The van der Waals surface area contributed by atoms with Crippen molar-refractivity contribution >= 4 is 17.6 Å². The standard InChI is InChI=1S/C15H15NS/c1-12-11-13-7-5-6-10-15(13)17-16(12)14-8-3-2-4-9-14/h2-10,12H,11H2,1H3. The maximum Gasteiger partial charge on any atom is 0.0476 e. The van der Waals surface area contributed by atoms with Crippen molar-refractivity contribution in [3.63, 3.8) is 0 Å². The summed E-state index contributed by atoms with van der Waals surface area (Å²) < 4.78 is 2.41. The molecule has 2 heteroatoms.